The molecular weight excluding hydrogens is 292 g/mol. The number of likely N-dealkylation sites (tertiary alicyclic amines) is 1. The average molecular weight is 333 g/mol. The van der Waals surface area contributed by atoms with Gasteiger partial charge in [0, 0.05) is 20.5 Å². The topological polar surface area (TPSA) is 99.3 Å². The van der Waals surface area contributed by atoms with Gasteiger partial charge in [0.2, 0.25) is 11.8 Å². The van der Waals surface area contributed by atoms with E-state index >= 15 is 0 Å². The maximum Gasteiger partial charge on any atom is 0.242 e. The molecule has 6 heteroatoms. The molecule has 0 bridgehead atoms. The number of nitrogens with one attached hydrogen (secondary N) is 2. The van der Waals surface area contributed by atoms with Gasteiger partial charge >= 0.3 is 0 Å². The molecule has 0 unspecified atom stereocenters. The zero-order valence-corrected chi connectivity index (χ0v) is 16.9. The van der Waals surface area contributed by atoms with Gasteiger partial charge in [-0.2, -0.15) is 0 Å². The van der Waals surface area contributed by atoms with E-state index < -0.39 is 0 Å². The third-order valence-corrected chi connectivity index (χ3v) is 2.46. The summed E-state index contributed by atoms with van der Waals surface area (Å²) in [7, 11) is 1.60. The molecule has 0 aliphatic carbocycles. The van der Waals surface area contributed by atoms with Crippen LogP contribution in [0.5, 0.6) is 0 Å². The number of carbonyl (C=O) groups is 2. The molecule has 6 nitrogen and oxygen atoms in total. The Hall–Kier alpha value is -1.59. The van der Waals surface area contributed by atoms with Crippen LogP contribution >= 0.6 is 0 Å². The highest BCUT2D eigenvalue weighted by Crippen LogP contribution is 2.22. The Balaban J connectivity index is -0.000000152. The first-order valence-corrected chi connectivity index (χ1v) is 8.59. The van der Waals surface area contributed by atoms with E-state index in [2.05, 4.69) is 12.2 Å². The SMILES string of the molecule is CC.CC.CC.CC(=N)N.CNC(=O)[C@@H]1C[C@H](C)CN1C(C)=O. The van der Waals surface area contributed by atoms with Crippen LogP contribution in [-0.2, 0) is 9.59 Å². The van der Waals surface area contributed by atoms with Gasteiger partial charge in [0.1, 0.15) is 6.04 Å². The molecule has 4 N–H and O–H groups in total. The maximum atomic E-state index is 11.4. The van der Waals surface area contributed by atoms with Crippen molar-refractivity contribution in [1.82, 2.24) is 10.2 Å². The van der Waals surface area contributed by atoms with Crippen LogP contribution in [0.4, 0.5) is 0 Å². The van der Waals surface area contributed by atoms with Crippen LogP contribution in [0, 0.1) is 11.3 Å². The van der Waals surface area contributed by atoms with E-state index in [0.717, 1.165) is 6.42 Å². The Morgan fingerprint density at radius 2 is 1.43 bits per heavy atom. The fraction of sp³-hybridized carbons (Fsp3) is 0.824. The Bertz CT molecular complexity index is 303. The van der Waals surface area contributed by atoms with Crippen molar-refractivity contribution >= 4 is 17.6 Å². The van der Waals surface area contributed by atoms with Crippen molar-refractivity contribution in [2.75, 3.05) is 13.6 Å². The largest absolute Gasteiger partial charge is 0.388 e. The number of hydrogen-bond donors (Lipinski definition) is 3. The molecule has 1 rings (SSSR count). The minimum atomic E-state index is -0.252. The number of amides is 2. The van der Waals surface area contributed by atoms with Gasteiger partial charge in [-0.3, -0.25) is 15.0 Å². The normalized spacial score (nSPS) is 17.4. The van der Waals surface area contributed by atoms with Crippen molar-refractivity contribution in [3.8, 4) is 0 Å². The second-order valence-corrected chi connectivity index (χ2v) is 4.33. The van der Waals surface area contributed by atoms with Crippen molar-refractivity contribution in [3.63, 3.8) is 0 Å². The molecule has 2 amide bonds. The van der Waals surface area contributed by atoms with Crippen LogP contribution in [0.3, 0.4) is 0 Å². The summed E-state index contributed by atoms with van der Waals surface area (Å²) >= 11 is 0. The molecule has 0 aromatic rings. The molecule has 1 saturated heterocycles. The van der Waals surface area contributed by atoms with Crippen molar-refractivity contribution < 1.29 is 9.59 Å². The molecule has 1 aliphatic rings. The number of rotatable bonds is 1. The van der Waals surface area contributed by atoms with Gasteiger partial charge in [-0.15, -0.1) is 0 Å². The second-order valence-electron chi connectivity index (χ2n) is 4.33. The van der Waals surface area contributed by atoms with Gasteiger partial charge in [-0.25, -0.2) is 0 Å². The number of carbonyl (C=O) groups excluding carboxylic acids is 2. The predicted octanol–water partition coefficient (Wildman–Crippen LogP) is 3.01. The molecule has 23 heavy (non-hydrogen) atoms. The van der Waals surface area contributed by atoms with Crippen LogP contribution in [0.1, 0.15) is 68.7 Å². The monoisotopic (exact) mass is 332 g/mol. The lowest BCUT2D eigenvalue weighted by Crippen LogP contribution is -2.43. The smallest absolute Gasteiger partial charge is 0.242 e. The predicted molar refractivity (Wildman–Crippen MR) is 101 cm³/mol. The summed E-state index contributed by atoms with van der Waals surface area (Å²) in [5.74, 6) is 0.517. The van der Waals surface area contributed by atoms with Crippen LogP contribution in [0.25, 0.3) is 0 Å². The Kier molecular flexibility index (Phi) is 26.1. The van der Waals surface area contributed by atoms with Crippen molar-refractivity contribution in [3.05, 3.63) is 0 Å². The Morgan fingerprint density at radius 3 is 1.70 bits per heavy atom. The maximum absolute atomic E-state index is 11.4. The molecule has 1 heterocycles. The van der Waals surface area contributed by atoms with E-state index in [1.54, 1.807) is 11.9 Å². The first kappa shape index (κ1) is 29.4. The first-order chi connectivity index (χ1) is 10.8. The molecule has 140 valence electrons. The molecule has 2 atom stereocenters. The van der Waals surface area contributed by atoms with Crippen LogP contribution in [-0.4, -0.2) is 42.2 Å². The van der Waals surface area contributed by atoms with E-state index in [0.29, 0.717) is 12.5 Å². The molecule has 0 aromatic carbocycles. The standard InChI is InChI=1S/C9H16N2O2.C2H6N2.3C2H6/c1-6-4-8(9(13)10-3)11(5-6)7(2)12;1-2(3)4;3*1-2/h6,8H,4-5H2,1-3H3,(H,10,13);1H3,(H3,3,4);3*1-2H3/t6-,8-;;;;/m0..../s1. The second kappa shape index (κ2) is 20.4. The molecule has 1 fully saturated rings. The highest BCUT2D eigenvalue weighted by Gasteiger charge is 2.35. The lowest BCUT2D eigenvalue weighted by molar-refractivity contribution is -0.136. The van der Waals surface area contributed by atoms with E-state index in [1.807, 2.05) is 41.5 Å². The molecule has 1 aliphatic heterocycles. The fourth-order valence-electron chi connectivity index (χ4n) is 1.81. The number of hydrogen-bond acceptors (Lipinski definition) is 3. The van der Waals surface area contributed by atoms with Crippen molar-refractivity contribution in [2.24, 2.45) is 11.7 Å². The van der Waals surface area contributed by atoms with Gasteiger partial charge in [-0.1, -0.05) is 48.5 Å². The Morgan fingerprint density at radius 1 is 1.09 bits per heavy atom. The van der Waals surface area contributed by atoms with E-state index in [1.165, 1.54) is 13.8 Å². The zero-order chi connectivity index (χ0) is 19.6. The molecular formula is C17H40N4O2. The highest BCUT2D eigenvalue weighted by molar-refractivity contribution is 5.87. The summed E-state index contributed by atoms with van der Waals surface area (Å²) in [5.41, 5.74) is 4.69. The van der Waals surface area contributed by atoms with Gasteiger partial charge in [0.25, 0.3) is 0 Å². The summed E-state index contributed by atoms with van der Waals surface area (Å²) in [6.07, 6.45) is 0.777. The molecule has 0 spiro atoms. The highest BCUT2D eigenvalue weighted by atomic mass is 16.2. The van der Waals surface area contributed by atoms with Gasteiger partial charge in [0.15, 0.2) is 0 Å². The van der Waals surface area contributed by atoms with Crippen LogP contribution < -0.4 is 11.1 Å². The molecule has 0 aromatic heterocycles. The minimum absolute atomic E-state index is 0.0158. The van der Waals surface area contributed by atoms with Gasteiger partial charge in [0.05, 0.1) is 5.84 Å². The van der Waals surface area contributed by atoms with Crippen LogP contribution in [0.15, 0.2) is 0 Å². The third-order valence-electron chi connectivity index (χ3n) is 2.46. The molecule has 0 radical (unpaired) electrons. The minimum Gasteiger partial charge on any atom is -0.388 e. The Labute approximate surface area is 143 Å². The fourth-order valence-corrected chi connectivity index (χ4v) is 1.81. The van der Waals surface area contributed by atoms with Crippen molar-refractivity contribution in [2.45, 2.75) is 74.8 Å². The van der Waals surface area contributed by atoms with E-state index in [4.69, 9.17) is 11.1 Å². The average Bonchev–Trinajstić information content (AvgIpc) is 2.94. The van der Waals surface area contributed by atoms with Gasteiger partial charge in [-0.05, 0) is 19.3 Å². The van der Waals surface area contributed by atoms with Crippen LogP contribution in [0.2, 0.25) is 0 Å². The lowest BCUT2D eigenvalue weighted by Gasteiger charge is -2.21. The molecule has 0 saturated carbocycles. The summed E-state index contributed by atoms with van der Waals surface area (Å²) in [6, 6.07) is -0.252. The third kappa shape index (κ3) is 16.6. The zero-order valence-electron chi connectivity index (χ0n) is 16.9. The first-order valence-electron chi connectivity index (χ1n) is 8.59. The summed E-state index contributed by atoms with van der Waals surface area (Å²) in [5, 5.41) is 8.86. The summed E-state index contributed by atoms with van der Waals surface area (Å²) in [4.78, 5) is 24.2. The number of nitrogens with zero attached hydrogens (tertiary/aromatic N) is 1. The van der Waals surface area contributed by atoms with Gasteiger partial charge < -0.3 is 16.0 Å². The van der Waals surface area contributed by atoms with E-state index in [9.17, 15) is 9.59 Å². The summed E-state index contributed by atoms with van der Waals surface area (Å²) < 4.78 is 0. The summed E-state index contributed by atoms with van der Waals surface area (Å²) in [6.45, 7) is 17.8. The number of likely N-dealkylation sites (N-methyl/N-ethyl adjacent to an activating group) is 1. The quantitative estimate of drug-likeness (QED) is 0.508. The lowest BCUT2D eigenvalue weighted by atomic mass is 10.1. The number of nitrogens with two attached hydrogens (primary N) is 1. The van der Waals surface area contributed by atoms with E-state index in [-0.39, 0.29) is 23.7 Å². The van der Waals surface area contributed by atoms with Crippen molar-refractivity contribution in [1.29, 1.82) is 5.41 Å². The number of amidine groups is 1.